The molecule has 1 aromatic heterocycles. The van der Waals surface area contributed by atoms with Crippen LogP contribution in [-0.4, -0.2) is 39.3 Å². The van der Waals surface area contributed by atoms with E-state index >= 15 is 0 Å². The van der Waals surface area contributed by atoms with Gasteiger partial charge in [0, 0.05) is 25.3 Å². The Kier molecular flexibility index (Phi) is 3.91. The summed E-state index contributed by atoms with van der Waals surface area (Å²) in [6.07, 6.45) is 3.69. The summed E-state index contributed by atoms with van der Waals surface area (Å²) in [5, 5.41) is 4.39. The average molecular weight is 294 g/mol. The maximum Gasteiger partial charge on any atom is 0.184 e. The molecule has 1 aromatic rings. The zero-order valence-corrected chi connectivity index (χ0v) is 13.0. The SMILES string of the molecule is CCc1cc(C(=O)C2CCOC3(CCSC3)C2)n(C)n1. The van der Waals surface area contributed by atoms with Crippen molar-refractivity contribution >= 4 is 17.5 Å². The van der Waals surface area contributed by atoms with Crippen LogP contribution in [-0.2, 0) is 18.2 Å². The van der Waals surface area contributed by atoms with Gasteiger partial charge in [0.15, 0.2) is 5.78 Å². The van der Waals surface area contributed by atoms with Gasteiger partial charge in [-0.15, -0.1) is 0 Å². The molecule has 20 heavy (non-hydrogen) atoms. The van der Waals surface area contributed by atoms with Crippen molar-refractivity contribution in [2.24, 2.45) is 13.0 Å². The molecule has 2 aliphatic heterocycles. The van der Waals surface area contributed by atoms with Crippen molar-refractivity contribution < 1.29 is 9.53 Å². The third kappa shape index (κ3) is 2.53. The summed E-state index contributed by atoms with van der Waals surface area (Å²) in [5.41, 5.74) is 1.72. The van der Waals surface area contributed by atoms with Crippen molar-refractivity contribution in [3.63, 3.8) is 0 Å². The molecule has 0 saturated carbocycles. The van der Waals surface area contributed by atoms with E-state index in [9.17, 15) is 4.79 Å². The molecule has 0 bridgehead atoms. The Morgan fingerprint density at radius 3 is 3.15 bits per heavy atom. The molecule has 5 heteroatoms. The maximum absolute atomic E-state index is 12.8. The van der Waals surface area contributed by atoms with Gasteiger partial charge in [-0.2, -0.15) is 16.9 Å². The van der Waals surface area contributed by atoms with Crippen LogP contribution < -0.4 is 0 Å². The Morgan fingerprint density at radius 2 is 2.50 bits per heavy atom. The smallest absolute Gasteiger partial charge is 0.184 e. The van der Waals surface area contributed by atoms with Crippen molar-refractivity contribution in [2.45, 2.75) is 38.2 Å². The minimum Gasteiger partial charge on any atom is -0.374 e. The molecule has 2 fully saturated rings. The molecule has 2 atom stereocenters. The Balaban J connectivity index is 1.77. The standard InChI is InChI=1S/C15H22N2O2S/c1-3-12-8-13(17(2)16-12)14(18)11-4-6-19-15(9-11)5-7-20-10-15/h8,11H,3-7,9-10H2,1-2H3. The lowest BCUT2D eigenvalue weighted by atomic mass is 9.82. The van der Waals surface area contributed by atoms with Gasteiger partial charge in [0.2, 0.25) is 0 Å². The summed E-state index contributed by atoms with van der Waals surface area (Å²) in [6.45, 7) is 2.78. The molecule has 0 amide bonds. The Hall–Kier alpha value is -0.810. The normalized spacial score (nSPS) is 30.0. The van der Waals surface area contributed by atoms with Crippen molar-refractivity contribution in [2.75, 3.05) is 18.1 Å². The molecule has 3 heterocycles. The first-order valence-electron chi connectivity index (χ1n) is 7.42. The molecule has 1 spiro atoms. The van der Waals surface area contributed by atoms with E-state index in [1.165, 1.54) is 0 Å². The zero-order valence-electron chi connectivity index (χ0n) is 12.2. The van der Waals surface area contributed by atoms with Gasteiger partial charge in [-0.1, -0.05) is 6.92 Å². The van der Waals surface area contributed by atoms with E-state index < -0.39 is 0 Å². The van der Waals surface area contributed by atoms with Crippen LogP contribution in [0.1, 0.15) is 42.4 Å². The Labute approximate surface area is 124 Å². The minimum absolute atomic E-state index is 0.0323. The number of ether oxygens (including phenoxy) is 1. The fourth-order valence-electron chi connectivity index (χ4n) is 3.25. The van der Waals surface area contributed by atoms with Crippen LogP contribution in [0.3, 0.4) is 0 Å². The van der Waals surface area contributed by atoms with Crippen molar-refractivity contribution in [3.8, 4) is 0 Å². The van der Waals surface area contributed by atoms with E-state index in [0.717, 1.165) is 55.2 Å². The molecule has 0 N–H and O–H groups in total. The molecule has 0 aromatic carbocycles. The number of carbonyl (C=O) groups excluding carboxylic acids is 1. The number of thioether (sulfide) groups is 1. The fraction of sp³-hybridized carbons (Fsp3) is 0.733. The number of ketones is 1. The Morgan fingerprint density at radius 1 is 1.65 bits per heavy atom. The molecule has 110 valence electrons. The van der Waals surface area contributed by atoms with Crippen LogP contribution in [0.15, 0.2) is 6.07 Å². The summed E-state index contributed by atoms with van der Waals surface area (Å²) in [4.78, 5) is 12.8. The molecule has 2 saturated heterocycles. The van der Waals surface area contributed by atoms with Gasteiger partial charge in [-0.05, 0) is 37.5 Å². The molecule has 0 aliphatic carbocycles. The third-order valence-electron chi connectivity index (χ3n) is 4.48. The maximum atomic E-state index is 12.8. The molecule has 2 unspecified atom stereocenters. The van der Waals surface area contributed by atoms with E-state index in [4.69, 9.17) is 4.74 Å². The lowest BCUT2D eigenvalue weighted by Gasteiger charge is -2.37. The van der Waals surface area contributed by atoms with Gasteiger partial charge in [-0.25, -0.2) is 0 Å². The van der Waals surface area contributed by atoms with E-state index in [1.807, 2.05) is 24.9 Å². The second kappa shape index (κ2) is 5.53. The number of hydrogen-bond acceptors (Lipinski definition) is 4. The first-order chi connectivity index (χ1) is 9.63. The van der Waals surface area contributed by atoms with Gasteiger partial charge in [0.05, 0.1) is 11.3 Å². The third-order valence-corrected chi connectivity index (χ3v) is 5.70. The van der Waals surface area contributed by atoms with E-state index in [2.05, 4.69) is 12.0 Å². The Bertz CT molecular complexity index is 506. The van der Waals surface area contributed by atoms with Crippen LogP contribution in [0.2, 0.25) is 0 Å². The molecule has 0 radical (unpaired) electrons. The summed E-state index contributed by atoms with van der Waals surface area (Å²) < 4.78 is 7.75. The number of aryl methyl sites for hydroxylation is 2. The second-order valence-electron chi connectivity index (χ2n) is 5.89. The van der Waals surface area contributed by atoms with Crippen LogP contribution >= 0.6 is 11.8 Å². The number of aromatic nitrogens is 2. The molecule has 3 rings (SSSR count). The highest BCUT2D eigenvalue weighted by Gasteiger charge is 2.42. The van der Waals surface area contributed by atoms with E-state index in [0.29, 0.717) is 0 Å². The lowest BCUT2D eigenvalue weighted by molar-refractivity contribution is -0.0735. The van der Waals surface area contributed by atoms with Crippen LogP contribution in [0.25, 0.3) is 0 Å². The first kappa shape index (κ1) is 14.1. The van der Waals surface area contributed by atoms with Gasteiger partial charge in [0.25, 0.3) is 0 Å². The second-order valence-corrected chi connectivity index (χ2v) is 6.99. The first-order valence-corrected chi connectivity index (χ1v) is 8.58. The van der Waals surface area contributed by atoms with Crippen molar-refractivity contribution in [1.82, 2.24) is 9.78 Å². The predicted octanol–water partition coefficient (Wildman–Crippen LogP) is 2.47. The molecule has 2 aliphatic rings. The summed E-state index contributed by atoms with van der Waals surface area (Å²) in [7, 11) is 1.87. The quantitative estimate of drug-likeness (QED) is 0.803. The monoisotopic (exact) mass is 294 g/mol. The van der Waals surface area contributed by atoms with Gasteiger partial charge in [0.1, 0.15) is 5.69 Å². The van der Waals surface area contributed by atoms with Gasteiger partial charge in [-0.3, -0.25) is 9.48 Å². The highest BCUT2D eigenvalue weighted by molar-refractivity contribution is 7.99. The van der Waals surface area contributed by atoms with Gasteiger partial charge < -0.3 is 4.74 Å². The predicted molar refractivity (Wildman–Crippen MR) is 80.3 cm³/mol. The van der Waals surface area contributed by atoms with Crippen LogP contribution in [0, 0.1) is 5.92 Å². The largest absolute Gasteiger partial charge is 0.374 e. The summed E-state index contributed by atoms with van der Waals surface area (Å²) in [5.74, 6) is 2.55. The van der Waals surface area contributed by atoms with E-state index in [-0.39, 0.29) is 17.3 Å². The number of Topliss-reactive ketones (excluding diaryl/α,β-unsaturated/α-hetero) is 1. The number of nitrogens with zero attached hydrogens (tertiary/aromatic N) is 2. The number of rotatable bonds is 3. The van der Waals surface area contributed by atoms with Crippen molar-refractivity contribution in [3.05, 3.63) is 17.5 Å². The zero-order chi connectivity index (χ0) is 14.2. The average Bonchev–Trinajstić information content (AvgIpc) is 3.05. The highest BCUT2D eigenvalue weighted by atomic mass is 32.2. The molecular formula is C15H22N2O2S. The minimum atomic E-state index is -0.0323. The van der Waals surface area contributed by atoms with Gasteiger partial charge >= 0.3 is 0 Å². The van der Waals surface area contributed by atoms with E-state index in [1.54, 1.807) is 4.68 Å². The molecule has 4 nitrogen and oxygen atoms in total. The number of carbonyl (C=O) groups is 1. The fourth-order valence-corrected chi connectivity index (χ4v) is 4.63. The summed E-state index contributed by atoms with van der Waals surface area (Å²) >= 11 is 1.95. The lowest BCUT2D eigenvalue weighted by Crippen LogP contribution is -2.42. The van der Waals surface area contributed by atoms with Crippen LogP contribution in [0.4, 0.5) is 0 Å². The topological polar surface area (TPSA) is 44.1 Å². The highest BCUT2D eigenvalue weighted by Crippen LogP contribution is 2.41. The van der Waals surface area contributed by atoms with Crippen molar-refractivity contribution in [1.29, 1.82) is 0 Å². The summed E-state index contributed by atoms with van der Waals surface area (Å²) in [6, 6.07) is 1.95. The molecular weight excluding hydrogens is 272 g/mol. The number of hydrogen-bond donors (Lipinski definition) is 0. The van der Waals surface area contributed by atoms with Crippen LogP contribution in [0.5, 0.6) is 0 Å².